The molecule has 1 atom stereocenters. The van der Waals surface area contributed by atoms with Crippen molar-refractivity contribution in [2.45, 2.75) is 38.6 Å². The molecule has 0 aliphatic carbocycles. The zero-order chi connectivity index (χ0) is 18.8. The van der Waals surface area contributed by atoms with E-state index in [1.54, 1.807) is 11.3 Å². The van der Waals surface area contributed by atoms with Crippen molar-refractivity contribution in [3.8, 4) is 11.5 Å². The molecule has 1 fully saturated rings. The Morgan fingerprint density at radius 1 is 1.30 bits per heavy atom. The number of carbonyl (C=O) groups excluding carboxylic acids is 1. The maximum atomic E-state index is 12.8. The number of amides is 1. The highest BCUT2D eigenvalue weighted by Crippen LogP contribution is 2.33. The van der Waals surface area contributed by atoms with Crippen molar-refractivity contribution in [2.24, 2.45) is 0 Å². The molecule has 1 N–H and O–H groups in total. The summed E-state index contributed by atoms with van der Waals surface area (Å²) in [5.41, 5.74) is 1.57. The van der Waals surface area contributed by atoms with Crippen LogP contribution in [0.25, 0.3) is 0 Å². The van der Waals surface area contributed by atoms with Gasteiger partial charge >= 0.3 is 0 Å². The Kier molecular flexibility index (Phi) is 5.20. The van der Waals surface area contributed by atoms with Gasteiger partial charge in [-0.25, -0.2) is 4.98 Å². The van der Waals surface area contributed by atoms with Gasteiger partial charge in [0.15, 0.2) is 11.5 Å². The van der Waals surface area contributed by atoms with E-state index in [2.05, 4.69) is 24.1 Å². The SMILES string of the molecule is CC(C)c1nc(C(=O)N2CCCC(Nc3ccc4c(c3)OCCO4)C2)cs1. The molecular formula is C20H25N3O3S. The molecular weight excluding hydrogens is 362 g/mol. The molecule has 1 amide bonds. The van der Waals surface area contributed by atoms with Crippen molar-refractivity contribution in [1.29, 1.82) is 0 Å². The molecule has 3 heterocycles. The van der Waals surface area contributed by atoms with E-state index in [0.717, 1.165) is 41.6 Å². The van der Waals surface area contributed by atoms with Crippen LogP contribution in [0, 0.1) is 0 Å². The molecule has 1 aromatic heterocycles. The molecule has 1 unspecified atom stereocenters. The number of nitrogens with one attached hydrogen (secondary N) is 1. The fourth-order valence-corrected chi connectivity index (χ4v) is 4.27. The van der Waals surface area contributed by atoms with Crippen molar-refractivity contribution in [3.63, 3.8) is 0 Å². The number of carbonyl (C=O) groups is 1. The van der Waals surface area contributed by atoms with Crippen LogP contribution < -0.4 is 14.8 Å². The summed E-state index contributed by atoms with van der Waals surface area (Å²) in [6, 6.07) is 6.13. The van der Waals surface area contributed by atoms with Crippen LogP contribution in [0.4, 0.5) is 5.69 Å². The Hall–Kier alpha value is -2.28. The van der Waals surface area contributed by atoms with Gasteiger partial charge in [-0.05, 0) is 25.0 Å². The molecule has 0 saturated carbocycles. The van der Waals surface area contributed by atoms with Gasteiger partial charge < -0.3 is 19.7 Å². The zero-order valence-corrected chi connectivity index (χ0v) is 16.6. The number of fused-ring (bicyclic) bond motifs is 1. The number of hydrogen-bond donors (Lipinski definition) is 1. The average molecular weight is 388 g/mol. The lowest BCUT2D eigenvalue weighted by molar-refractivity contribution is 0.0709. The largest absolute Gasteiger partial charge is 0.486 e. The second kappa shape index (κ2) is 7.76. The zero-order valence-electron chi connectivity index (χ0n) is 15.7. The Morgan fingerprint density at radius 3 is 2.89 bits per heavy atom. The molecule has 27 heavy (non-hydrogen) atoms. The monoisotopic (exact) mass is 387 g/mol. The van der Waals surface area contributed by atoms with Crippen LogP contribution in [0.1, 0.15) is 48.1 Å². The minimum absolute atomic E-state index is 0.0341. The number of likely N-dealkylation sites (tertiary alicyclic amines) is 1. The van der Waals surface area contributed by atoms with Crippen LogP contribution in [0.3, 0.4) is 0 Å². The summed E-state index contributed by atoms with van der Waals surface area (Å²) < 4.78 is 11.2. The van der Waals surface area contributed by atoms with Gasteiger partial charge in [0.2, 0.25) is 0 Å². The van der Waals surface area contributed by atoms with Gasteiger partial charge in [-0.1, -0.05) is 13.8 Å². The second-order valence-corrected chi connectivity index (χ2v) is 8.21. The normalized spacial score (nSPS) is 19.2. The molecule has 144 valence electrons. The fraction of sp³-hybridized carbons (Fsp3) is 0.500. The number of anilines is 1. The van der Waals surface area contributed by atoms with E-state index in [4.69, 9.17) is 9.47 Å². The lowest BCUT2D eigenvalue weighted by atomic mass is 10.0. The Bertz CT molecular complexity index is 821. The van der Waals surface area contributed by atoms with Gasteiger partial charge in [0, 0.05) is 42.2 Å². The lowest BCUT2D eigenvalue weighted by Gasteiger charge is -2.33. The minimum atomic E-state index is 0.0341. The van der Waals surface area contributed by atoms with Crippen molar-refractivity contribution in [1.82, 2.24) is 9.88 Å². The molecule has 2 aliphatic rings. The van der Waals surface area contributed by atoms with Crippen molar-refractivity contribution >= 4 is 22.9 Å². The Morgan fingerprint density at radius 2 is 2.11 bits per heavy atom. The van der Waals surface area contributed by atoms with E-state index in [0.29, 0.717) is 31.4 Å². The van der Waals surface area contributed by atoms with E-state index in [1.807, 2.05) is 28.5 Å². The summed E-state index contributed by atoms with van der Waals surface area (Å²) in [7, 11) is 0. The lowest BCUT2D eigenvalue weighted by Crippen LogP contribution is -2.45. The topological polar surface area (TPSA) is 63.7 Å². The molecule has 2 aromatic rings. The average Bonchev–Trinajstić information content (AvgIpc) is 3.18. The van der Waals surface area contributed by atoms with Gasteiger partial charge in [0.1, 0.15) is 18.9 Å². The quantitative estimate of drug-likeness (QED) is 0.866. The third-order valence-corrected chi connectivity index (χ3v) is 6.00. The molecule has 0 bridgehead atoms. The third kappa shape index (κ3) is 4.03. The van der Waals surface area contributed by atoms with E-state index < -0.39 is 0 Å². The summed E-state index contributed by atoms with van der Waals surface area (Å²) in [5.74, 6) is 1.95. The van der Waals surface area contributed by atoms with E-state index >= 15 is 0 Å². The molecule has 1 aromatic carbocycles. The minimum Gasteiger partial charge on any atom is -0.486 e. The molecule has 0 radical (unpaired) electrons. The van der Waals surface area contributed by atoms with Gasteiger partial charge in [-0.15, -0.1) is 11.3 Å². The van der Waals surface area contributed by atoms with Gasteiger partial charge in [0.05, 0.1) is 5.01 Å². The van der Waals surface area contributed by atoms with E-state index in [9.17, 15) is 4.79 Å². The summed E-state index contributed by atoms with van der Waals surface area (Å²) >= 11 is 1.57. The molecule has 1 saturated heterocycles. The second-order valence-electron chi connectivity index (χ2n) is 7.32. The van der Waals surface area contributed by atoms with Gasteiger partial charge in [-0.3, -0.25) is 4.79 Å². The van der Waals surface area contributed by atoms with Crippen molar-refractivity contribution in [2.75, 3.05) is 31.6 Å². The van der Waals surface area contributed by atoms with Crippen molar-refractivity contribution in [3.05, 3.63) is 34.3 Å². The number of nitrogens with zero attached hydrogens (tertiary/aromatic N) is 2. The van der Waals surface area contributed by atoms with Crippen LogP contribution in [0.5, 0.6) is 11.5 Å². The Balaban J connectivity index is 1.41. The first kappa shape index (κ1) is 18.1. The van der Waals surface area contributed by atoms with E-state index in [1.165, 1.54) is 0 Å². The fourth-order valence-electron chi connectivity index (χ4n) is 3.46. The number of ether oxygens (including phenoxy) is 2. The first-order valence-corrected chi connectivity index (χ1v) is 10.4. The third-order valence-electron chi connectivity index (χ3n) is 4.86. The van der Waals surface area contributed by atoms with Crippen LogP contribution >= 0.6 is 11.3 Å². The number of piperidine rings is 1. The van der Waals surface area contributed by atoms with E-state index in [-0.39, 0.29) is 11.9 Å². The predicted molar refractivity (Wildman–Crippen MR) is 106 cm³/mol. The highest BCUT2D eigenvalue weighted by atomic mass is 32.1. The maximum absolute atomic E-state index is 12.8. The molecule has 0 spiro atoms. The summed E-state index contributed by atoms with van der Waals surface area (Å²) in [6.07, 6.45) is 2.02. The van der Waals surface area contributed by atoms with Gasteiger partial charge in [0.25, 0.3) is 5.91 Å². The number of aromatic nitrogens is 1. The highest BCUT2D eigenvalue weighted by molar-refractivity contribution is 7.09. The molecule has 6 nitrogen and oxygen atoms in total. The highest BCUT2D eigenvalue weighted by Gasteiger charge is 2.26. The number of hydrogen-bond acceptors (Lipinski definition) is 6. The van der Waals surface area contributed by atoms with Gasteiger partial charge in [-0.2, -0.15) is 0 Å². The van der Waals surface area contributed by atoms with Crippen LogP contribution in [-0.2, 0) is 0 Å². The summed E-state index contributed by atoms with van der Waals surface area (Å²) in [5, 5.41) is 6.44. The number of rotatable bonds is 4. The first-order valence-electron chi connectivity index (χ1n) is 9.51. The molecule has 7 heteroatoms. The van der Waals surface area contributed by atoms with Crippen LogP contribution in [0.2, 0.25) is 0 Å². The predicted octanol–water partition coefficient (Wildman–Crippen LogP) is 3.75. The Labute approximate surface area is 163 Å². The van der Waals surface area contributed by atoms with Crippen LogP contribution in [-0.4, -0.2) is 48.1 Å². The summed E-state index contributed by atoms with van der Waals surface area (Å²) in [6.45, 7) is 6.83. The molecule has 4 rings (SSSR count). The maximum Gasteiger partial charge on any atom is 0.273 e. The van der Waals surface area contributed by atoms with Crippen LogP contribution in [0.15, 0.2) is 23.6 Å². The smallest absolute Gasteiger partial charge is 0.273 e. The number of thiazole rings is 1. The first-order chi connectivity index (χ1) is 13.1. The standard InChI is InChI=1S/C20H25N3O3S/c1-13(2)19-22-16(12-27-19)20(24)23-7-3-4-15(11-23)21-14-5-6-17-18(10-14)26-9-8-25-17/h5-6,10,12-13,15,21H,3-4,7-9,11H2,1-2H3. The summed E-state index contributed by atoms with van der Waals surface area (Å²) in [4.78, 5) is 19.3. The van der Waals surface area contributed by atoms with Crippen molar-refractivity contribution < 1.29 is 14.3 Å². The molecule has 2 aliphatic heterocycles. The number of benzene rings is 1.